The molecule has 0 N–H and O–H groups in total. The minimum Gasteiger partial charge on any atom is -0.497 e. The molecule has 3 nitrogen and oxygen atoms in total. The third-order valence-corrected chi connectivity index (χ3v) is 5.23. The molecule has 28 heavy (non-hydrogen) atoms. The zero-order valence-corrected chi connectivity index (χ0v) is 17.2. The summed E-state index contributed by atoms with van der Waals surface area (Å²) in [7, 11) is 1.61. The lowest BCUT2D eigenvalue weighted by molar-refractivity contribution is 0.0663. The fraction of sp³-hybridized carbons (Fsp3) is 0.292. The standard InChI is InChI=1S/C24H24ClNO2/c1-24(2)17-26(23(27)19-9-6-12-22(16-19)28-3)14-13-20(24)10-4-7-18-8-5-11-21(25)15-18/h5-6,8-12,15-16H,13-14,17H2,1-3H3/b20-10+. The Morgan fingerprint density at radius 3 is 2.71 bits per heavy atom. The molecule has 0 bridgehead atoms. The van der Waals surface area contributed by atoms with Crippen LogP contribution in [0.15, 0.2) is 60.2 Å². The largest absolute Gasteiger partial charge is 0.497 e. The molecule has 1 aliphatic heterocycles. The molecule has 0 spiro atoms. The van der Waals surface area contributed by atoms with Crippen LogP contribution in [0.3, 0.4) is 0 Å². The maximum atomic E-state index is 12.9. The number of allylic oxidation sites excluding steroid dienone is 1. The Kier molecular flexibility index (Phi) is 6.11. The van der Waals surface area contributed by atoms with Crippen molar-refractivity contribution in [1.82, 2.24) is 4.90 Å². The molecule has 0 aliphatic carbocycles. The first-order valence-corrected chi connectivity index (χ1v) is 9.67. The number of nitrogens with zero attached hydrogens (tertiary/aromatic N) is 1. The lowest BCUT2D eigenvalue weighted by Gasteiger charge is -2.40. The van der Waals surface area contributed by atoms with Crippen molar-refractivity contribution in [3.63, 3.8) is 0 Å². The summed E-state index contributed by atoms with van der Waals surface area (Å²) in [5.74, 6) is 7.02. The zero-order chi connectivity index (χ0) is 20.1. The molecule has 1 heterocycles. The Balaban J connectivity index is 1.72. The van der Waals surface area contributed by atoms with Gasteiger partial charge in [0.05, 0.1) is 7.11 Å². The number of benzene rings is 2. The smallest absolute Gasteiger partial charge is 0.254 e. The van der Waals surface area contributed by atoms with Gasteiger partial charge in [-0.15, -0.1) is 0 Å². The fourth-order valence-electron chi connectivity index (χ4n) is 3.40. The van der Waals surface area contributed by atoms with Crippen LogP contribution < -0.4 is 4.74 Å². The van der Waals surface area contributed by atoms with Gasteiger partial charge in [-0.3, -0.25) is 4.79 Å². The van der Waals surface area contributed by atoms with Crippen LogP contribution in [0.1, 0.15) is 36.2 Å². The number of piperidine rings is 1. The lowest BCUT2D eigenvalue weighted by atomic mass is 9.78. The van der Waals surface area contributed by atoms with E-state index in [-0.39, 0.29) is 11.3 Å². The number of ether oxygens (including phenoxy) is 1. The van der Waals surface area contributed by atoms with Crippen molar-refractivity contribution in [2.45, 2.75) is 20.3 Å². The topological polar surface area (TPSA) is 29.5 Å². The first-order valence-electron chi connectivity index (χ1n) is 9.29. The van der Waals surface area contributed by atoms with Crippen molar-refractivity contribution < 1.29 is 9.53 Å². The number of methoxy groups -OCH3 is 1. The lowest BCUT2D eigenvalue weighted by Crippen LogP contribution is -2.44. The van der Waals surface area contributed by atoms with E-state index in [0.29, 0.717) is 29.4 Å². The molecule has 144 valence electrons. The van der Waals surface area contributed by atoms with Gasteiger partial charge in [-0.2, -0.15) is 0 Å². The van der Waals surface area contributed by atoms with E-state index in [1.165, 1.54) is 5.57 Å². The number of hydrogen-bond donors (Lipinski definition) is 0. The summed E-state index contributed by atoms with van der Waals surface area (Å²) in [5.41, 5.74) is 2.68. The van der Waals surface area contributed by atoms with E-state index in [4.69, 9.17) is 16.3 Å². The maximum Gasteiger partial charge on any atom is 0.254 e. The van der Waals surface area contributed by atoms with Crippen molar-refractivity contribution in [2.24, 2.45) is 5.41 Å². The SMILES string of the molecule is COc1cccc(C(=O)N2CC/C(=C\C#Cc3cccc(Cl)c3)C(C)(C)C2)c1. The molecule has 0 saturated carbocycles. The van der Waals surface area contributed by atoms with Crippen LogP contribution in [0.25, 0.3) is 0 Å². The van der Waals surface area contributed by atoms with Gasteiger partial charge in [0.15, 0.2) is 0 Å². The summed E-state index contributed by atoms with van der Waals surface area (Å²) in [5, 5.41) is 0.684. The molecule has 4 heteroatoms. The van der Waals surface area contributed by atoms with Gasteiger partial charge in [0.1, 0.15) is 5.75 Å². The summed E-state index contributed by atoms with van der Waals surface area (Å²) in [4.78, 5) is 14.8. The Morgan fingerprint density at radius 1 is 1.21 bits per heavy atom. The maximum absolute atomic E-state index is 12.9. The molecule has 0 radical (unpaired) electrons. The van der Waals surface area contributed by atoms with Crippen LogP contribution in [0.2, 0.25) is 5.02 Å². The number of carbonyl (C=O) groups is 1. The van der Waals surface area contributed by atoms with Crippen molar-refractivity contribution in [3.05, 3.63) is 76.3 Å². The van der Waals surface area contributed by atoms with Gasteiger partial charge >= 0.3 is 0 Å². The van der Waals surface area contributed by atoms with Crippen LogP contribution in [0.4, 0.5) is 0 Å². The number of hydrogen-bond acceptors (Lipinski definition) is 2. The minimum atomic E-state index is -0.129. The highest BCUT2D eigenvalue weighted by molar-refractivity contribution is 6.30. The number of halogens is 1. The van der Waals surface area contributed by atoms with E-state index in [1.807, 2.05) is 53.4 Å². The highest BCUT2D eigenvalue weighted by Crippen LogP contribution is 2.34. The quantitative estimate of drug-likeness (QED) is 0.656. The van der Waals surface area contributed by atoms with Gasteiger partial charge in [0, 0.05) is 34.7 Å². The van der Waals surface area contributed by atoms with Crippen LogP contribution in [0, 0.1) is 17.3 Å². The van der Waals surface area contributed by atoms with E-state index in [2.05, 4.69) is 25.7 Å². The average Bonchev–Trinajstić information content (AvgIpc) is 2.68. The Morgan fingerprint density at radius 2 is 2.00 bits per heavy atom. The van der Waals surface area contributed by atoms with Crippen molar-refractivity contribution in [1.29, 1.82) is 0 Å². The first-order chi connectivity index (χ1) is 13.4. The highest BCUT2D eigenvalue weighted by Gasteiger charge is 2.33. The van der Waals surface area contributed by atoms with Gasteiger partial charge in [-0.1, -0.05) is 55.0 Å². The van der Waals surface area contributed by atoms with Gasteiger partial charge in [0.25, 0.3) is 5.91 Å². The third kappa shape index (κ3) is 4.77. The van der Waals surface area contributed by atoms with E-state index < -0.39 is 0 Å². The molecule has 1 amide bonds. The van der Waals surface area contributed by atoms with Gasteiger partial charge in [-0.25, -0.2) is 0 Å². The monoisotopic (exact) mass is 393 g/mol. The summed E-state index contributed by atoms with van der Waals surface area (Å²) >= 11 is 6.00. The minimum absolute atomic E-state index is 0.0380. The summed E-state index contributed by atoms with van der Waals surface area (Å²) in [6, 6.07) is 14.8. The Labute approximate surface area is 172 Å². The van der Waals surface area contributed by atoms with Crippen molar-refractivity contribution in [3.8, 4) is 17.6 Å². The van der Waals surface area contributed by atoms with Crippen molar-refractivity contribution >= 4 is 17.5 Å². The van der Waals surface area contributed by atoms with Crippen LogP contribution >= 0.6 is 11.6 Å². The summed E-state index contributed by atoms with van der Waals surface area (Å²) < 4.78 is 5.24. The molecule has 0 unspecified atom stereocenters. The molecule has 2 aromatic carbocycles. The second kappa shape index (κ2) is 8.54. The van der Waals surface area contributed by atoms with E-state index in [1.54, 1.807) is 13.2 Å². The Bertz CT molecular complexity index is 966. The second-order valence-electron chi connectivity index (χ2n) is 7.54. The molecule has 1 saturated heterocycles. The second-order valence-corrected chi connectivity index (χ2v) is 7.98. The predicted octanol–water partition coefficient (Wildman–Crippen LogP) is 5.20. The molecular formula is C24H24ClNO2. The van der Waals surface area contributed by atoms with E-state index in [9.17, 15) is 4.79 Å². The van der Waals surface area contributed by atoms with E-state index >= 15 is 0 Å². The molecule has 0 atom stereocenters. The van der Waals surface area contributed by atoms with E-state index in [0.717, 1.165) is 12.0 Å². The highest BCUT2D eigenvalue weighted by atomic mass is 35.5. The normalized spacial score (nSPS) is 17.0. The molecular weight excluding hydrogens is 370 g/mol. The molecule has 2 aromatic rings. The first kappa shape index (κ1) is 20.0. The summed E-state index contributed by atoms with van der Waals surface area (Å²) in [6.07, 6.45) is 2.81. The van der Waals surface area contributed by atoms with Crippen molar-refractivity contribution in [2.75, 3.05) is 20.2 Å². The molecule has 1 fully saturated rings. The predicted molar refractivity (Wildman–Crippen MR) is 114 cm³/mol. The van der Waals surface area contributed by atoms with Gasteiger partial charge < -0.3 is 9.64 Å². The van der Waals surface area contributed by atoms with Crippen LogP contribution in [0.5, 0.6) is 5.75 Å². The Hall–Kier alpha value is -2.70. The zero-order valence-electron chi connectivity index (χ0n) is 16.5. The molecule has 3 rings (SSSR count). The average molecular weight is 394 g/mol. The summed E-state index contributed by atoms with van der Waals surface area (Å²) in [6.45, 7) is 5.66. The number of carbonyl (C=O) groups excluding carboxylic acids is 1. The number of likely N-dealkylation sites (tertiary alicyclic amines) is 1. The number of amides is 1. The fourth-order valence-corrected chi connectivity index (χ4v) is 3.59. The number of rotatable bonds is 2. The molecule has 1 aliphatic rings. The van der Waals surface area contributed by atoms with Gasteiger partial charge in [0.2, 0.25) is 0 Å². The van der Waals surface area contributed by atoms with Crippen LogP contribution in [-0.2, 0) is 0 Å². The van der Waals surface area contributed by atoms with Gasteiger partial charge in [-0.05, 0) is 48.9 Å². The van der Waals surface area contributed by atoms with Crippen LogP contribution in [-0.4, -0.2) is 31.0 Å². The molecule has 0 aromatic heterocycles. The third-order valence-electron chi connectivity index (χ3n) is 5.00.